The number of nitrogens with zero attached hydrogens (tertiary/aromatic N) is 1. The van der Waals surface area contributed by atoms with Crippen LogP contribution in [-0.2, 0) is 14.8 Å². The summed E-state index contributed by atoms with van der Waals surface area (Å²) in [5.74, 6) is 0.668. The Hall–Kier alpha value is -3.23. The van der Waals surface area contributed by atoms with Gasteiger partial charge in [0.25, 0.3) is 10.0 Å². The zero-order chi connectivity index (χ0) is 23.3. The summed E-state index contributed by atoms with van der Waals surface area (Å²) in [5.41, 5.74) is 0.406. The lowest BCUT2D eigenvalue weighted by Crippen LogP contribution is -2.28. The van der Waals surface area contributed by atoms with Crippen LogP contribution in [0, 0.1) is 0 Å². The molecule has 0 aromatic heterocycles. The summed E-state index contributed by atoms with van der Waals surface area (Å²) in [7, 11) is -0.811. The van der Waals surface area contributed by atoms with Crippen LogP contribution in [0.3, 0.4) is 0 Å². The first-order valence-corrected chi connectivity index (χ1v) is 11.4. The van der Waals surface area contributed by atoms with Crippen molar-refractivity contribution in [3.63, 3.8) is 0 Å². The van der Waals surface area contributed by atoms with Gasteiger partial charge in [-0.3, -0.25) is 4.31 Å². The first-order chi connectivity index (χ1) is 15.2. The Balaban J connectivity index is 1.66. The number of halogens is 1. The molecule has 168 valence electrons. The first-order valence-electron chi connectivity index (χ1n) is 9.57. The highest BCUT2D eigenvalue weighted by Gasteiger charge is 2.22. The number of anilines is 1. The highest BCUT2D eigenvalue weighted by atomic mass is 35.5. The van der Waals surface area contributed by atoms with Gasteiger partial charge in [-0.05, 0) is 73.7 Å². The zero-order valence-corrected chi connectivity index (χ0v) is 19.3. The second-order valence-corrected chi connectivity index (χ2v) is 9.19. The molecule has 32 heavy (non-hydrogen) atoms. The van der Waals surface area contributed by atoms with Crippen LogP contribution in [0.15, 0.2) is 77.7 Å². The average Bonchev–Trinajstić information content (AvgIpc) is 2.79. The predicted molar refractivity (Wildman–Crippen MR) is 122 cm³/mol. The lowest BCUT2D eigenvalue weighted by atomic mass is 10.3. The number of benzene rings is 3. The summed E-state index contributed by atoms with van der Waals surface area (Å²) in [5, 5.41) is 0.493. The molecule has 7 nitrogen and oxygen atoms in total. The van der Waals surface area contributed by atoms with Crippen LogP contribution in [0.25, 0.3) is 0 Å². The standard InChI is InChI=1S/C23H22ClNO6S/c1-16(30-21-6-4-5-17(24)15-21)23(26)31-20-9-7-18(8-10-20)25(2)32(27,28)22-13-11-19(29-3)12-14-22/h4-16H,1-3H3. The van der Waals surface area contributed by atoms with E-state index in [1.807, 2.05) is 0 Å². The van der Waals surface area contributed by atoms with Crippen molar-refractivity contribution in [3.05, 3.63) is 77.8 Å². The van der Waals surface area contributed by atoms with E-state index in [-0.39, 0.29) is 10.6 Å². The number of hydrogen-bond acceptors (Lipinski definition) is 6. The van der Waals surface area contributed by atoms with E-state index in [1.54, 1.807) is 55.5 Å². The SMILES string of the molecule is COc1ccc(S(=O)(=O)N(C)c2ccc(OC(=O)C(C)Oc3cccc(Cl)c3)cc2)cc1. The van der Waals surface area contributed by atoms with Crippen molar-refractivity contribution < 1.29 is 27.4 Å². The van der Waals surface area contributed by atoms with E-state index in [2.05, 4.69) is 0 Å². The van der Waals surface area contributed by atoms with Crippen molar-refractivity contribution in [2.45, 2.75) is 17.9 Å². The number of esters is 1. The molecular weight excluding hydrogens is 454 g/mol. The molecule has 0 fully saturated rings. The normalized spacial score (nSPS) is 12.0. The summed E-state index contributed by atoms with van der Waals surface area (Å²) >= 11 is 5.91. The van der Waals surface area contributed by atoms with Crippen LogP contribution in [0.5, 0.6) is 17.2 Å². The molecule has 1 atom stereocenters. The second kappa shape index (κ2) is 9.93. The van der Waals surface area contributed by atoms with Crippen LogP contribution in [0.4, 0.5) is 5.69 Å². The van der Waals surface area contributed by atoms with Crippen LogP contribution in [-0.4, -0.2) is 34.6 Å². The third kappa shape index (κ3) is 5.52. The van der Waals surface area contributed by atoms with Gasteiger partial charge in [0.05, 0.1) is 17.7 Å². The van der Waals surface area contributed by atoms with E-state index in [4.69, 9.17) is 25.8 Å². The number of carbonyl (C=O) groups excluding carboxylic acids is 1. The topological polar surface area (TPSA) is 82.1 Å². The van der Waals surface area contributed by atoms with Crippen molar-refractivity contribution in [1.29, 1.82) is 0 Å². The Bertz CT molecular complexity index is 1180. The summed E-state index contributed by atoms with van der Waals surface area (Å²) in [6.07, 6.45) is -0.869. The summed E-state index contributed by atoms with van der Waals surface area (Å²) in [4.78, 5) is 12.4. The lowest BCUT2D eigenvalue weighted by molar-refractivity contribution is -0.141. The number of ether oxygens (including phenoxy) is 3. The van der Waals surface area contributed by atoms with Crippen LogP contribution >= 0.6 is 11.6 Å². The Labute approximate surface area is 192 Å². The minimum Gasteiger partial charge on any atom is -0.497 e. The fraction of sp³-hybridized carbons (Fsp3) is 0.174. The van der Waals surface area contributed by atoms with E-state index < -0.39 is 22.1 Å². The summed E-state index contributed by atoms with van der Waals surface area (Å²) in [6, 6.07) is 18.9. The molecule has 0 N–H and O–H groups in total. The van der Waals surface area contributed by atoms with Crippen LogP contribution < -0.4 is 18.5 Å². The molecule has 0 aliphatic heterocycles. The van der Waals surface area contributed by atoms with E-state index >= 15 is 0 Å². The molecule has 3 rings (SSSR count). The third-order valence-electron chi connectivity index (χ3n) is 4.58. The van der Waals surface area contributed by atoms with Gasteiger partial charge in [-0.1, -0.05) is 17.7 Å². The van der Waals surface area contributed by atoms with Crippen molar-refractivity contribution in [2.75, 3.05) is 18.5 Å². The Kier molecular flexibility index (Phi) is 7.27. The van der Waals surface area contributed by atoms with Gasteiger partial charge in [0.2, 0.25) is 0 Å². The Morgan fingerprint density at radius 3 is 2.16 bits per heavy atom. The number of sulfonamides is 1. The largest absolute Gasteiger partial charge is 0.497 e. The van der Waals surface area contributed by atoms with Crippen LogP contribution in [0.2, 0.25) is 5.02 Å². The van der Waals surface area contributed by atoms with Crippen molar-refractivity contribution in [2.24, 2.45) is 0 Å². The van der Waals surface area contributed by atoms with Gasteiger partial charge in [0.1, 0.15) is 17.2 Å². The highest BCUT2D eigenvalue weighted by molar-refractivity contribution is 7.92. The third-order valence-corrected chi connectivity index (χ3v) is 6.61. The molecule has 3 aromatic rings. The van der Waals surface area contributed by atoms with Gasteiger partial charge in [-0.15, -0.1) is 0 Å². The Morgan fingerprint density at radius 1 is 0.938 bits per heavy atom. The van der Waals surface area contributed by atoms with Gasteiger partial charge in [-0.25, -0.2) is 13.2 Å². The quantitative estimate of drug-likeness (QED) is 0.351. The molecule has 0 amide bonds. The smallest absolute Gasteiger partial charge is 0.352 e. The number of methoxy groups -OCH3 is 1. The van der Waals surface area contributed by atoms with Crippen molar-refractivity contribution >= 4 is 33.3 Å². The number of rotatable bonds is 8. The fourth-order valence-corrected chi connectivity index (χ4v) is 4.14. The zero-order valence-electron chi connectivity index (χ0n) is 17.7. The molecular formula is C23H22ClNO6S. The molecule has 9 heteroatoms. The molecule has 0 aliphatic rings. The van der Waals surface area contributed by atoms with Gasteiger partial charge in [0.15, 0.2) is 6.10 Å². The monoisotopic (exact) mass is 475 g/mol. The molecule has 0 radical (unpaired) electrons. The minimum absolute atomic E-state index is 0.128. The predicted octanol–water partition coefficient (Wildman–Crippen LogP) is 4.55. The Morgan fingerprint density at radius 2 is 1.56 bits per heavy atom. The minimum atomic E-state index is -3.77. The van der Waals surface area contributed by atoms with E-state index in [0.717, 1.165) is 4.31 Å². The van der Waals surface area contributed by atoms with E-state index in [0.29, 0.717) is 22.2 Å². The van der Waals surface area contributed by atoms with Gasteiger partial charge < -0.3 is 14.2 Å². The van der Waals surface area contributed by atoms with Crippen molar-refractivity contribution in [3.8, 4) is 17.2 Å². The van der Waals surface area contributed by atoms with E-state index in [1.165, 1.54) is 38.4 Å². The van der Waals surface area contributed by atoms with Gasteiger partial charge in [0, 0.05) is 12.1 Å². The number of carbonyl (C=O) groups is 1. The molecule has 3 aromatic carbocycles. The fourth-order valence-electron chi connectivity index (χ4n) is 2.76. The average molecular weight is 476 g/mol. The highest BCUT2D eigenvalue weighted by Crippen LogP contribution is 2.26. The lowest BCUT2D eigenvalue weighted by Gasteiger charge is -2.20. The van der Waals surface area contributed by atoms with Gasteiger partial charge >= 0.3 is 5.97 Å². The molecule has 0 heterocycles. The number of hydrogen-bond donors (Lipinski definition) is 0. The molecule has 0 saturated heterocycles. The molecule has 0 spiro atoms. The van der Waals surface area contributed by atoms with Crippen LogP contribution in [0.1, 0.15) is 6.92 Å². The maximum atomic E-state index is 12.9. The first kappa shape index (κ1) is 23.4. The molecule has 0 aliphatic carbocycles. The van der Waals surface area contributed by atoms with Gasteiger partial charge in [-0.2, -0.15) is 0 Å². The van der Waals surface area contributed by atoms with Crippen molar-refractivity contribution in [1.82, 2.24) is 0 Å². The maximum Gasteiger partial charge on any atom is 0.352 e. The second-order valence-electron chi connectivity index (χ2n) is 6.78. The summed E-state index contributed by atoms with van der Waals surface area (Å²) in [6.45, 7) is 1.56. The maximum absolute atomic E-state index is 12.9. The molecule has 1 unspecified atom stereocenters. The molecule has 0 saturated carbocycles. The van der Waals surface area contributed by atoms with E-state index in [9.17, 15) is 13.2 Å². The molecule has 0 bridgehead atoms. The summed E-state index contributed by atoms with van der Waals surface area (Å²) < 4.78 is 42.8.